The second-order valence-corrected chi connectivity index (χ2v) is 6.27. The first-order valence-corrected chi connectivity index (χ1v) is 7.29. The Labute approximate surface area is 104 Å². The molecule has 0 aromatic heterocycles. The van der Waals surface area contributed by atoms with Gasteiger partial charge in [0, 0.05) is 31.0 Å². The highest BCUT2D eigenvalue weighted by Crippen LogP contribution is 2.37. The molecule has 3 aliphatic rings. The Hall–Kier alpha value is -0.570. The van der Waals surface area contributed by atoms with Crippen LogP contribution in [0.15, 0.2) is 0 Å². The molecule has 2 aliphatic heterocycles. The predicted molar refractivity (Wildman–Crippen MR) is 67.7 cm³/mol. The van der Waals surface area contributed by atoms with Crippen molar-refractivity contribution in [1.29, 1.82) is 0 Å². The van der Waals surface area contributed by atoms with Gasteiger partial charge in [-0.15, -0.1) is 0 Å². The minimum atomic E-state index is 0.377. The number of carbonyl (C=O) groups excluding carboxylic acids is 1. The minimum absolute atomic E-state index is 0.377. The van der Waals surface area contributed by atoms with Crippen molar-refractivity contribution in [3.63, 3.8) is 0 Å². The van der Waals surface area contributed by atoms with E-state index in [1.807, 2.05) is 0 Å². The highest BCUT2D eigenvalue weighted by Gasteiger charge is 2.40. The molecular weight excluding hydrogens is 212 g/mol. The average molecular weight is 236 g/mol. The maximum atomic E-state index is 12.3. The third-order valence-corrected chi connectivity index (χ3v) is 4.99. The Bertz CT molecular complexity index is 287. The van der Waals surface area contributed by atoms with E-state index < -0.39 is 0 Å². The van der Waals surface area contributed by atoms with Gasteiger partial charge < -0.3 is 10.2 Å². The predicted octanol–water partition coefficient (Wildman–Crippen LogP) is 1.78. The SMILES string of the molecule is O=C(C1CCC1)N1CCC[C@]2(CCCNC2)C1. The zero-order valence-corrected chi connectivity index (χ0v) is 10.7. The Morgan fingerprint density at radius 2 is 2.00 bits per heavy atom. The second kappa shape index (κ2) is 4.60. The lowest BCUT2D eigenvalue weighted by Gasteiger charge is -2.46. The molecule has 1 aliphatic carbocycles. The summed E-state index contributed by atoms with van der Waals surface area (Å²) in [6.45, 7) is 4.33. The van der Waals surface area contributed by atoms with Gasteiger partial charge in [-0.2, -0.15) is 0 Å². The normalized spacial score (nSPS) is 34.7. The Morgan fingerprint density at radius 3 is 2.65 bits per heavy atom. The van der Waals surface area contributed by atoms with Crippen LogP contribution in [0.25, 0.3) is 0 Å². The van der Waals surface area contributed by atoms with Crippen LogP contribution in [0, 0.1) is 11.3 Å². The van der Waals surface area contributed by atoms with Crippen molar-refractivity contribution < 1.29 is 4.79 Å². The smallest absolute Gasteiger partial charge is 0.225 e. The number of nitrogens with one attached hydrogen (secondary N) is 1. The third kappa shape index (κ3) is 2.22. The van der Waals surface area contributed by atoms with E-state index in [2.05, 4.69) is 10.2 Å². The van der Waals surface area contributed by atoms with E-state index in [-0.39, 0.29) is 0 Å². The summed E-state index contributed by atoms with van der Waals surface area (Å²) in [5.41, 5.74) is 0.413. The highest BCUT2D eigenvalue weighted by molar-refractivity contribution is 5.79. The largest absolute Gasteiger partial charge is 0.342 e. The van der Waals surface area contributed by atoms with Gasteiger partial charge >= 0.3 is 0 Å². The minimum Gasteiger partial charge on any atom is -0.342 e. The summed E-state index contributed by atoms with van der Waals surface area (Å²) in [6.07, 6.45) is 8.66. The number of likely N-dealkylation sites (tertiary alicyclic amines) is 1. The van der Waals surface area contributed by atoms with Crippen molar-refractivity contribution in [2.75, 3.05) is 26.2 Å². The molecule has 0 radical (unpaired) electrons. The maximum Gasteiger partial charge on any atom is 0.225 e. The molecule has 1 spiro atoms. The Morgan fingerprint density at radius 1 is 1.18 bits per heavy atom. The number of piperidine rings is 2. The van der Waals surface area contributed by atoms with Gasteiger partial charge in [0.15, 0.2) is 0 Å². The maximum absolute atomic E-state index is 12.3. The van der Waals surface area contributed by atoms with Crippen molar-refractivity contribution in [3.8, 4) is 0 Å². The van der Waals surface area contributed by atoms with E-state index in [9.17, 15) is 4.79 Å². The molecule has 0 aromatic carbocycles. The Kier molecular flexibility index (Phi) is 3.12. The van der Waals surface area contributed by atoms with Crippen molar-refractivity contribution in [1.82, 2.24) is 10.2 Å². The molecule has 1 N–H and O–H groups in total. The van der Waals surface area contributed by atoms with Crippen LogP contribution >= 0.6 is 0 Å². The fourth-order valence-electron chi connectivity index (χ4n) is 3.69. The van der Waals surface area contributed by atoms with Crippen LogP contribution in [0.5, 0.6) is 0 Å². The molecule has 1 saturated carbocycles. The molecule has 0 aromatic rings. The van der Waals surface area contributed by atoms with Crippen LogP contribution in [-0.4, -0.2) is 37.0 Å². The van der Waals surface area contributed by atoms with Gasteiger partial charge in [-0.25, -0.2) is 0 Å². The molecule has 1 amide bonds. The molecule has 3 rings (SSSR count). The number of hydrogen-bond donors (Lipinski definition) is 1. The number of nitrogens with zero attached hydrogens (tertiary/aromatic N) is 1. The molecule has 3 nitrogen and oxygen atoms in total. The molecule has 2 saturated heterocycles. The molecule has 3 fully saturated rings. The summed E-state index contributed by atoms with van der Waals surface area (Å²) >= 11 is 0. The zero-order valence-electron chi connectivity index (χ0n) is 10.7. The lowest BCUT2D eigenvalue weighted by atomic mass is 9.73. The topological polar surface area (TPSA) is 32.3 Å². The van der Waals surface area contributed by atoms with Crippen LogP contribution < -0.4 is 5.32 Å². The van der Waals surface area contributed by atoms with Crippen LogP contribution in [0.4, 0.5) is 0 Å². The first-order valence-electron chi connectivity index (χ1n) is 7.29. The van der Waals surface area contributed by atoms with Gasteiger partial charge in [0.1, 0.15) is 0 Å². The van der Waals surface area contributed by atoms with Gasteiger partial charge in [0.2, 0.25) is 5.91 Å². The summed E-state index contributed by atoms with van der Waals surface area (Å²) in [6, 6.07) is 0. The average Bonchev–Trinajstić information content (AvgIpc) is 2.28. The Balaban J connectivity index is 1.64. The van der Waals surface area contributed by atoms with Crippen molar-refractivity contribution in [2.24, 2.45) is 11.3 Å². The lowest BCUT2D eigenvalue weighted by molar-refractivity contribution is -0.142. The molecule has 2 heterocycles. The van der Waals surface area contributed by atoms with Crippen LogP contribution in [-0.2, 0) is 4.79 Å². The molecule has 17 heavy (non-hydrogen) atoms. The monoisotopic (exact) mass is 236 g/mol. The van der Waals surface area contributed by atoms with Gasteiger partial charge in [-0.3, -0.25) is 4.79 Å². The quantitative estimate of drug-likeness (QED) is 0.752. The highest BCUT2D eigenvalue weighted by atomic mass is 16.2. The van der Waals surface area contributed by atoms with Gasteiger partial charge in [0.25, 0.3) is 0 Å². The summed E-state index contributed by atoms with van der Waals surface area (Å²) in [7, 11) is 0. The summed E-state index contributed by atoms with van der Waals surface area (Å²) in [5.74, 6) is 0.836. The van der Waals surface area contributed by atoms with Crippen LogP contribution in [0.1, 0.15) is 44.9 Å². The van der Waals surface area contributed by atoms with E-state index in [1.54, 1.807) is 0 Å². The summed E-state index contributed by atoms with van der Waals surface area (Å²) in [4.78, 5) is 14.5. The second-order valence-electron chi connectivity index (χ2n) is 6.27. The fraction of sp³-hybridized carbons (Fsp3) is 0.929. The van der Waals surface area contributed by atoms with E-state index >= 15 is 0 Å². The van der Waals surface area contributed by atoms with Crippen molar-refractivity contribution in [3.05, 3.63) is 0 Å². The van der Waals surface area contributed by atoms with E-state index in [1.165, 1.54) is 38.6 Å². The summed E-state index contributed by atoms with van der Waals surface area (Å²) < 4.78 is 0. The number of amides is 1. The molecule has 1 atom stereocenters. The van der Waals surface area contributed by atoms with Crippen molar-refractivity contribution in [2.45, 2.75) is 44.9 Å². The zero-order chi connectivity index (χ0) is 11.7. The van der Waals surface area contributed by atoms with E-state index in [4.69, 9.17) is 0 Å². The molecule has 0 bridgehead atoms. The third-order valence-electron chi connectivity index (χ3n) is 4.99. The number of hydrogen-bond acceptors (Lipinski definition) is 2. The molecule has 3 heteroatoms. The molecule has 96 valence electrons. The summed E-state index contributed by atoms with van der Waals surface area (Å²) in [5, 5.41) is 3.52. The van der Waals surface area contributed by atoms with Gasteiger partial charge in [-0.1, -0.05) is 6.42 Å². The van der Waals surface area contributed by atoms with E-state index in [0.717, 1.165) is 32.5 Å². The number of carbonyl (C=O) groups is 1. The molecule has 0 unspecified atom stereocenters. The van der Waals surface area contributed by atoms with Crippen LogP contribution in [0.3, 0.4) is 0 Å². The van der Waals surface area contributed by atoms with Gasteiger partial charge in [0.05, 0.1) is 0 Å². The first-order chi connectivity index (χ1) is 8.29. The van der Waals surface area contributed by atoms with Crippen molar-refractivity contribution >= 4 is 5.91 Å². The fourth-order valence-corrected chi connectivity index (χ4v) is 3.69. The van der Waals surface area contributed by atoms with Crippen LogP contribution in [0.2, 0.25) is 0 Å². The number of rotatable bonds is 1. The van der Waals surface area contributed by atoms with Gasteiger partial charge in [-0.05, 0) is 45.1 Å². The lowest BCUT2D eigenvalue weighted by Crippen LogP contribution is -2.54. The van der Waals surface area contributed by atoms with E-state index in [0.29, 0.717) is 17.2 Å². The standard InChI is InChI=1S/C14H24N2O/c17-13(12-4-1-5-12)16-9-3-7-14(11-16)6-2-8-15-10-14/h12,15H,1-11H2/t14-/m0/s1. The molecular formula is C14H24N2O. The first kappa shape index (κ1) is 11.5.